The number of hydrogen-bond acceptors (Lipinski definition) is 4. The van der Waals surface area contributed by atoms with E-state index in [4.69, 9.17) is 0 Å². The van der Waals surface area contributed by atoms with Gasteiger partial charge in [-0.3, -0.25) is 9.10 Å². The zero-order chi connectivity index (χ0) is 21.3. The van der Waals surface area contributed by atoms with E-state index in [1.807, 2.05) is 0 Å². The third kappa shape index (κ3) is 3.93. The molecule has 0 radical (unpaired) electrons. The van der Waals surface area contributed by atoms with Gasteiger partial charge in [0.05, 0.1) is 17.1 Å². The summed E-state index contributed by atoms with van der Waals surface area (Å²) in [6.07, 6.45) is 3.85. The number of carbonyl (C=O) groups excluding carboxylic acids is 1. The van der Waals surface area contributed by atoms with Crippen molar-refractivity contribution < 1.29 is 17.6 Å². The standard InChI is InChI=1S/C21H21FN4O3S/c1-15-23-8-10-25(15)20-7-6-16(12-19(20)22)14-24-21(27)17-4-2-5-18(13-17)26-9-3-11-30(26,28)29/h2,4-8,10,12-13H,3,9,11,14H2,1H3,(H,24,27). The van der Waals surface area contributed by atoms with E-state index in [0.29, 0.717) is 41.3 Å². The molecule has 1 aliphatic rings. The van der Waals surface area contributed by atoms with Gasteiger partial charge < -0.3 is 9.88 Å². The summed E-state index contributed by atoms with van der Waals surface area (Å²) in [7, 11) is -3.32. The number of halogens is 1. The Morgan fingerprint density at radius 1 is 1.23 bits per heavy atom. The number of nitrogens with zero attached hydrogens (tertiary/aromatic N) is 3. The highest BCUT2D eigenvalue weighted by Gasteiger charge is 2.28. The van der Waals surface area contributed by atoms with E-state index in [9.17, 15) is 17.6 Å². The molecule has 0 spiro atoms. The number of rotatable bonds is 5. The quantitative estimate of drug-likeness (QED) is 0.677. The van der Waals surface area contributed by atoms with Crippen LogP contribution in [-0.4, -0.2) is 36.2 Å². The van der Waals surface area contributed by atoms with Crippen LogP contribution in [0.3, 0.4) is 0 Å². The van der Waals surface area contributed by atoms with Crippen LogP contribution in [0, 0.1) is 12.7 Å². The average Bonchev–Trinajstić information content (AvgIpc) is 3.30. The lowest BCUT2D eigenvalue weighted by Gasteiger charge is -2.17. The van der Waals surface area contributed by atoms with Crippen molar-refractivity contribution in [2.24, 2.45) is 0 Å². The smallest absolute Gasteiger partial charge is 0.251 e. The van der Waals surface area contributed by atoms with Crippen LogP contribution in [0.2, 0.25) is 0 Å². The van der Waals surface area contributed by atoms with Crippen molar-refractivity contribution in [1.82, 2.24) is 14.9 Å². The van der Waals surface area contributed by atoms with Gasteiger partial charge in [0, 0.05) is 31.0 Å². The first-order valence-electron chi connectivity index (χ1n) is 9.52. The fraction of sp³-hybridized carbons (Fsp3) is 0.238. The molecule has 156 valence electrons. The van der Waals surface area contributed by atoms with Gasteiger partial charge in [-0.25, -0.2) is 17.8 Å². The molecule has 4 rings (SSSR count). The van der Waals surface area contributed by atoms with Crippen molar-refractivity contribution in [2.45, 2.75) is 19.9 Å². The lowest BCUT2D eigenvalue weighted by Crippen LogP contribution is -2.26. The Morgan fingerprint density at radius 2 is 2.07 bits per heavy atom. The summed E-state index contributed by atoms with van der Waals surface area (Å²) >= 11 is 0. The van der Waals surface area contributed by atoms with Crippen molar-refractivity contribution in [1.29, 1.82) is 0 Å². The van der Waals surface area contributed by atoms with Crippen LogP contribution in [0.1, 0.15) is 28.2 Å². The molecule has 2 aromatic carbocycles. The van der Waals surface area contributed by atoms with Gasteiger partial charge in [0.2, 0.25) is 10.0 Å². The minimum atomic E-state index is -3.32. The van der Waals surface area contributed by atoms with Gasteiger partial charge in [-0.1, -0.05) is 12.1 Å². The molecule has 1 saturated heterocycles. The zero-order valence-electron chi connectivity index (χ0n) is 16.4. The van der Waals surface area contributed by atoms with Crippen molar-refractivity contribution in [3.8, 4) is 5.69 Å². The normalized spacial score (nSPS) is 15.3. The molecule has 9 heteroatoms. The third-order valence-electron chi connectivity index (χ3n) is 5.05. The lowest BCUT2D eigenvalue weighted by molar-refractivity contribution is 0.0951. The molecule has 30 heavy (non-hydrogen) atoms. The van der Waals surface area contributed by atoms with Gasteiger partial charge in [-0.15, -0.1) is 0 Å². The molecule has 0 aliphatic carbocycles. The molecule has 0 unspecified atom stereocenters. The zero-order valence-corrected chi connectivity index (χ0v) is 17.2. The molecular weight excluding hydrogens is 407 g/mol. The largest absolute Gasteiger partial charge is 0.348 e. The number of carbonyl (C=O) groups is 1. The first-order valence-corrected chi connectivity index (χ1v) is 11.1. The van der Waals surface area contributed by atoms with Crippen LogP contribution in [-0.2, 0) is 16.6 Å². The van der Waals surface area contributed by atoms with Crippen molar-refractivity contribution in [3.05, 3.63) is 77.6 Å². The number of amides is 1. The topological polar surface area (TPSA) is 84.3 Å². The maximum atomic E-state index is 14.5. The average molecular weight is 428 g/mol. The molecule has 1 aliphatic heterocycles. The Balaban J connectivity index is 1.46. The maximum absolute atomic E-state index is 14.5. The minimum absolute atomic E-state index is 0.115. The Kier molecular flexibility index (Phi) is 5.29. The number of nitrogens with one attached hydrogen (secondary N) is 1. The molecule has 3 aromatic rings. The number of hydrogen-bond donors (Lipinski definition) is 1. The van der Waals surface area contributed by atoms with Gasteiger partial charge in [-0.2, -0.15) is 0 Å². The Labute approximate surface area is 174 Å². The van der Waals surface area contributed by atoms with Crippen LogP contribution >= 0.6 is 0 Å². The second-order valence-electron chi connectivity index (χ2n) is 7.10. The fourth-order valence-corrected chi connectivity index (χ4v) is 5.06. The Bertz CT molecular complexity index is 1210. The van der Waals surface area contributed by atoms with Crippen LogP contribution in [0.4, 0.5) is 10.1 Å². The number of benzene rings is 2. The van der Waals surface area contributed by atoms with Crippen LogP contribution in [0.15, 0.2) is 54.9 Å². The molecule has 0 bridgehead atoms. The summed E-state index contributed by atoms with van der Waals surface area (Å²) in [4.78, 5) is 16.6. The van der Waals surface area contributed by atoms with E-state index in [1.165, 1.54) is 10.4 Å². The number of aromatic nitrogens is 2. The lowest BCUT2D eigenvalue weighted by atomic mass is 10.1. The minimum Gasteiger partial charge on any atom is -0.348 e. The van der Waals surface area contributed by atoms with Gasteiger partial charge in [0.15, 0.2) is 0 Å². The van der Waals surface area contributed by atoms with E-state index in [1.54, 1.807) is 60.3 Å². The Morgan fingerprint density at radius 3 is 2.73 bits per heavy atom. The number of imidazole rings is 1. The van der Waals surface area contributed by atoms with E-state index < -0.39 is 15.8 Å². The molecule has 1 fully saturated rings. The van der Waals surface area contributed by atoms with Crippen LogP contribution in [0.25, 0.3) is 5.69 Å². The molecular formula is C21H21FN4O3S. The molecule has 0 atom stereocenters. The highest BCUT2D eigenvalue weighted by atomic mass is 32.2. The predicted molar refractivity (Wildman–Crippen MR) is 112 cm³/mol. The van der Waals surface area contributed by atoms with Gasteiger partial charge in [-0.05, 0) is 49.2 Å². The van der Waals surface area contributed by atoms with Crippen LogP contribution < -0.4 is 9.62 Å². The Hall–Kier alpha value is -3.20. The summed E-state index contributed by atoms with van der Waals surface area (Å²) in [6.45, 7) is 2.34. The molecule has 1 N–H and O–H groups in total. The van der Waals surface area contributed by atoms with Gasteiger partial charge in [0.1, 0.15) is 11.6 Å². The second kappa shape index (κ2) is 7.91. The highest BCUT2D eigenvalue weighted by Crippen LogP contribution is 2.25. The number of sulfonamides is 1. The summed E-state index contributed by atoms with van der Waals surface area (Å²) < 4.78 is 41.7. The van der Waals surface area contributed by atoms with Crippen LogP contribution in [0.5, 0.6) is 0 Å². The maximum Gasteiger partial charge on any atom is 0.251 e. The van der Waals surface area contributed by atoms with E-state index in [2.05, 4.69) is 10.3 Å². The fourth-order valence-electron chi connectivity index (χ4n) is 3.50. The first-order chi connectivity index (χ1) is 14.3. The van der Waals surface area contributed by atoms with Crippen molar-refractivity contribution in [3.63, 3.8) is 0 Å². The second-order valence-corrected chi connectivity index (χ2v) is 9.12. The van der Waals surface area contributed by atoms with Gasteiger partial charge >= 0.3 is 0 Å². The summed E-state index contributed by atoms with van der Waals surface area (Å²) in [5.74, 6) is 0.0196. The van der Waals surface area contributed by atoms with Crippen molar-refractivity contribution >= 4 is 21.6 Å². The monoisotopic (exact) mass is 428 g/mol. The third-order valence-corrected chi connectivity index (χ3v) is 6.92. The molecule has 0 saturated carbocycles. The van der Waals surface area contributed by atoms with E-state index in [0.717, 1.165) is 0 Å². The highest BCUT2D eigenvalue weighted by molar-refractivity contribution is 7.93. The van der Waals surface area contributed by atoms with Crippen molar-refractivity contribution in [2.75, 3.05) is 16.6 Å². The van der Waals surface area contributed by atoms with E-state index >= 15 is 0 Å². The number of anilines is 1. The van der Waals surface area contributed by atoms with Gasteiger partial charge in [0.25, 0.3) is 5.91 Å². The summed E-state index contributed by atoms with van der Waals surface area (Å²) in [5.41, 5.74) is 1.83. The van der Waals surface area contributed by atoms with E-state index in [-0.39, 0.29) is 18.2 Å². The molecule has 1 aromatic heterocycles. The molecule has 7 nitrogen and oxygen atoms in total. The first kappa shape index (κ1) is 20.1. The predicted octanol–water partition coefficient (Wildman–Crippen LogP) is 2.79. The summed E-state index contributed by atoms with van der Waals surface area (Å²) in [6, 6.07) is 11.3. The number of aryl methyl sites for hydroxylation is 1. The SMILES string of the molecule is Cc1nccn1-c1ccc(CNC(=O)c2cccc(N3CCCS3(=O)=O)c2)cc1F. The molecule has 1 amide bonds. The molecule has 2 heterocycles. The summed E-state index contributed by atoms with van der Waals surface area (Å²) in [5, 5.41) is 2.75.